The molecule has 3 aromatic carbocycles. The highest BCUT2D eigenvalue weighted by atomic mass is 32.2. The summed E-state index contributed by atoms with van der Waals surface area (Å²) in [5.41, 5.74) is 5.69. The van der Waals surface area contributed by atoms with Gasteiger partial charge in [-0.15, -0.1) is 0 Å². The SMILES string of the molecule is Cc1ccc(S(=O)(=O)N(CC(=O)NCCSCc2cccc(C)c2)c2cc(C)ccc2C)cc1. The second-order valence-electron chi connectivity index (χ2n) is 8.51. The summed E-state index contributed by atoms with van der Waals surface area (Å²) in [6.07, 6.45) is 0. The van der Waals surface area contributed by atoms with E-state index in [1.165, 1.54) is 15.4 Å². The minimum Gasteiger partial charge on any atom is -0.354 e. The number of nitrogens with zero attached hydrogens (tertiary/aromatic N) is 1. The third-order valence-electron chi connectivity index (χ3n) is 5.45. The molecule has 0 aromatic heterocycles. The largest absolute Gasteiger partial charge is 0.354 e. The Hall–Kier alpha value is -2.77. The molecule has 0 unspecified atom stereocenters. The molecule has 0 aliphatic carbocycles. The van der Waals surface area contributed by atoms with Gasteiger partial charge in [0.25, 0.3) is 10.0 Å². The number of aryl methyl sites for hydroxylation is 4. The Bertz CT molecular complexity index is 1240. The summed E-state index contributed by atoms with van der Waals surface area (Å²) in [6, 6.07) is 20.7. The van der Waals surface area contributed by atoms with Crippen molar-refractivity contribution in [2.24, 2.45) is 0 Å². The first kappa shape index (κ1) is 25.8. The molecular formula is C27H32N2O3S2. The number of hydrogen-bond acceptors (Lipinski definition) is 4. The van der Waals surface area contributed by atoms with Crippen LogP contribution in [0.25, 0.3) is 0 Å². The maximum absolute atomic E-state index is 13.5. The normalized spacial score (nSPS) is 11.3. The zero-order valence-corrected chi connectivity index (χ0v) is 21.8. The van der Waals surface area contributed by atoms with Crippen LogP contribution in [0.15, 0.2) is 71.6 Å². The van der Waals surface area contributed by atoms with Crippen LogP contribution < -0.4 is 9.62 Å². The summed E-state index contributed by atoms with van der Waals surface area (Å²) in [7, 11) is -3.91. The lowest BCUT2D eigenvalue weighted by Gasteiger charge is -2.26. The molecule has 1 N–H and O–H groups in total. The third kappa shape index (κ3) is 6.87. The van der Waals surface area contributed by atoms with Crippen molar-refractivity contribution in [3.63, 3.8) is 0 Å². The van der Waals surface area contributed by atoms with Gasteiger partial charge in [-0.3, -0.25) is 9.10 Å². The molecule has 34 heavy (non-hydrogen) atoms. The first-order valence-electron chi connectivity index (χ1n) is 11.2. The van der Waals surface area contributed by atoms with Crippen LogP contribution in [-0.2, 0) is 20.6 Å². The molecule has 0 bridgehead atoms. The molecule has 7 heteroatoms. The number of nitrogens with one attached hydrogen (secondary N) is 1. The van der Waals surface area contributed by atoms with Crippen LogP contribution in [0.4, 0.5) is 5.69 Å². The summed E-state index contributed by atoms with van der Waals surface area (Å²) >= 11 is 1.73. The summed E-state index contributed by atoms with van der Waals surface area (Å²) in [4.78, 5) is 13.0. The second-order valence-corrected chi connectivity index (χ2v) is 11.5. The Morgan fingerprint density at radius 1 is 0.882 bits per heavy atom. The zero-order valence-electron chi connectivity index (χ0n) is 20.2. The van der Waals surface area contributed by atoms with Crippen LogP contribution in [0.5, 0.6) is 0 Å². The van der Waals surface area contributed by atoms with Crippen molar-refractivity contribution >= 4 is 33.4 Å². The number of amides is 1. The predicted octanol–water partition coefficient (Wildman–Crippen LogP) is 5.17. The highest BCUT2D eigenvalue weighted by Gasteiger charge is 2.28. The highest BCUT2D eigenvalue weighted by molar-refractivity contribution is 7.98. The average Bonchev–Trinajstić information content (AvgIpc) is 2.79. The molecule has 0 fully saturated rings. The van der Waals surface area contributed by atoms with E-state index in [1.807, 2.05) is 45.0 Å². The standard InChI is InChI=1S/C27H32N2O3S2/c1-20-9-12-25(13-10-20)34(31,32)29(26-17-22(3)8-11-23(26)4)18-27(30)28-14-15-33-19-24-7-5-6-21(2)16-24/h5-13,16-17H,14-15,18-19H2,1-4H3,(H,28,30). The predicted molar refractivity (Wildman–Crippen MR) is 142 cm³/mol. The van der Waals surface area contributed by atoms with Crippen molar-refractivity contribution in [3.8, 4) is 0 Å². The number of carbonyl (C=O) groups is 1. The molecule has 3 rings (SSSR count). The fourth-order valence-electron chi connectivity index (χ4n) is 3.57. The van der Waals surface area contributed by atoms with Gasteiger partial charge in [0.1, 0.15) is 6.54 Å². The van der Waals surface area contributed by atoms with Gasteiger partial charge in [-0.05, 0) is 62.6 Å². The summed E-state index contributed by atoms with van der Waals surface area (Å²) in [6.45, 7) is 7.94. The second kappa shape index (κ2) is 11.6. The molecule has 5 nitrogen and oxygen atoms in total. The molecule has 0 aliphatic heterocycles. The van der Waals surface area contributed by atoms with Gasteiger partial charge in [0, 0.05) is 18.1 Å². The fourth-order valence-corrected chi connectivity index (χ4v) is 5.85. The van der Waals surface area contributed by atoms with Crippen LogP contribution >= 0.6 is 11.8 Å². The number of hydrogen-bond donors (Lipinski definition) is 1. The molecule has 3 aromatic rings. The minimum absolute atomic E-state index is 0.167. The molecule has 0 heterocycles. The monoisotopic (exact) mass is 496 g/mol. The number of sulfonamides is 1. The van der Waals surface area contributed by atoms with Crippen LogP contribution in [0, 0.1) is 27.7 Å². The summed E-state index contributed by atoms with van der Waals surface area (Å²) in [5, 5.41) is 2.88. The number of anilines is 1. The van der Waals surface area contributed by atoms with Crippen molar-refractivity contribution < 1.29 is 13.2 Å². The average molecular weight is 497 g/mol. The molecule has 180 valence electrons. The number of benzene rings is 3. The third-order valence-corrected chi connectivity index (χ3v) is 8.25. The van der Waals surface area contributed by atoms with Gasteiger partial charge in [-0.2, -0.15) is 11.8 Å². The van der Waals surface area contributed by atoms with Gasteiger partial charge in [-0.25, -0.2) is 8.42 Å². The maximum Gasteiger partial charge on any atom is 0.264 e. The Morgan fingerprint density at radius 2 is 1.56 bits per heavy atom. The first-order chi connectivity index (χ1) is 16.2. The smallest absolute Gasteiger partial charge is 0.264 e. The lowest BCUT2D eigenvalue weighted by molar-refractivity contribution is -0.119. The molecule has 1 amide bonds. The highest BCUT2D eigenvalue weighted by Crippen LogP contribution is 2.28. The Balaban J connectivity index is 1.69. The van der Waals surface area contributed by atoms with E-state index in [1.54, 1.807) is 36.0 Å². The molecule has 0 saturated carbocycles. The number of thioether (sulfide) groups is 1. The first-order valence-corrected chi connectivity index (χ1v) is 13.8. The van der Waals surface area contributed by atoms with Crippen molar-refractivity contribution in [1.82, 2.24) is 5.32 Å². The van der Waals surface area contributed by atoms with Gasteiger partial charge in [0.2, 0.25) is 5.91 Å². The van der Waals surface area contributed by atoms with E-state index in [4.69, 9.17) is 0 Å². The van der Waals surface area contributed by atoms with Gasteiger partial charge >= 0.3 is 0 Å². The van der Waals surface area contributed by atoms with E-state index in [2.05, 4.69) is 30.4 Å². The van der Waals surface area contributed by atoms with Gasteiger partial charge < -0.3 is 5.32 Å². The van der Waals surface area contributed by atoms with Crippen molar-refractivity contribution in [1.29, 1.82) is 0 Å². The van der Waals surface area contributed by atoms with E-state index >= 15 is 0 Å². The van der Waals surface area contributed by atoms with Gasteiger partial charge in [0.15, 0.2) is 0 Å². The van der Waals surface area contributed by atoms with Crippen LogP contribution in [0.3, 0.4) is 0 Å². The van der Waals surface area contributed by atoms with Crippen LogP contribution in [0.2, 0.25) is 0 Å². The summed E-state index contributed by atoms with van der Waals surface area (Å²) in [5.74, 6) is 1.29. The van der Waals surface area contributed by atoms with E-state index in [0.717, 1.165) is 28.2 Å². The Labute approximate surface area is 207 Å². The lowest BCUT2D eigenvalue weighted by Crippen LogP contribution is -2.41. The lowest BCUT2D eigenvalue weighted by atomic mass is 10.1. The number of carbonyl (C=O) groups excluding carboxylic acids is 1. The molecule has 0 atom stereocenters. The van der Waals surface area contributed by atoms with Crippen molar-refractivity contribution in [2.45, 2.75) is 38.3 Å². The van der Waals surface area contributed by atoms with Gasteiger partial charge in [-0.1, -0.05) is 59.7 Å². The molecule has 0 saturated heterocycles. The minimum atomic E-state index is -3.91. The van der Waals surface area contributed by atoms with Crippen LogP contribution in [0.1, 0.15) is 27.8 Å². The van der Waals surface area contributed by atoms with E-state index in [0.29, 0.717) is 12.2 Å². The zero-order chi connectivity index (χ0) is 24.7. The fraction of sp³-hybridized carbons (Fsp3) is 0.296. The molecule has 0 aliphatic rings. The Kier molecular flexibility index (Phi) is 8.80. The van der Waals surface area contributed by atoms with Crippen LogP contribution in [-0.4, -0.2) is 33.2 Å². The summed E-state index contributed by atoms with van der Waals surface area (Å²) < 4.78 is 28.3. The molecular weight excluding hydrogens is 464 g/mol. The van der Waals surface area contributed by atoms with E-state index in [-0.39, 0.29) is 17.3 Å². The number of rotatable bonds is 10. The van der Waals surface area contributed by atoms with Crippen molar-refractivity contribution in [3.05, 3.63) is 94.5 Å². The molecule has 0 radical (unpaired) electrons. The molecule has 0 spiro atoms. The van der Waals surface area contributed by atoms with E-state index in [9.17, 15) is 13.2 Å². The van der Waals surface area contributed by atoms with Gasteiger partial charge in [0.05, 0.1) is 10.6 Å². The van der Waals surface area contributed by atoms with E-state index < -0.39 is 10.0 Å². The Morgan fingerprint density at radius 3 is 2.26 bits per heavy atom. The topological polar surface area (TPSA) is 66.5 Å². The quantitative estimate of drug-likeness (QED) is 0.394. The maximum atomic E-state index is 13.5. The van der Waals surface area contributed by atoms with Crippen molar-refractivity contribution in [2.75, 3.05) is 23.1 Å².